The van der Waals surface area contributed by atoms with Gasteiger partial charge in [-0.05, 0) is 69.1 Å². The molecule has 6 heteroatoms. The van der Waals surface area contributed by atoms with E-state index in [0.717, 1.165) is 47.4 Å². The number of likely N-dealkylation sites (N-methyl/N-ethyl adjacent to an activating group) is 1. The summed E-state index contributed by atoms with van der Waals surface area (Å²) < 4.78 is 17.9. The SMILES string of the molecule is COc1c2c(cc3c1C(CC(=O)C=CC=C(C)CCC1=C(C)CCCC1(C)C)[N+](C)(C)CC3)OCO2.[I-]. The summed E-state index contributed by atoms with van der Waals surface area (Å²) in [6, 6.07) is 2.08. The molecule has 5 nitrogen and oxygen atoms in total. The summed E-state index contributed by atoms with van der Waals surface area (Å²) in [5.41, 5.74) is 7.12. The second kappa shape index (κ2) is 11.9. The van der Waals surface area contributed by atoms with Crippen LogP contribution < -0.4 is 38.2 Å². The predicted molar refractivity (Wildman–Crippen MR) is 145 cm³/mol. The van der Waals surface area contributed by atoms with E-state index in [1.165, 1.54) is 30.4 Å². The Balaban J connectivity index is 0.00000380. The molecule has 0 fully saturated rings. The first-order chi connectivity index (χ1) is 17.0. The predicted octanol–water partition coefficient (Wildman–Crippen LogP) is 3.87. The van der Waals surface area contributed by atoms with Crippen LogP contribution in [0.2, 0.25) is 0 Å². The van der Waals surface area contributed by atoms with E-state index in [0.29, 0.717) is 17.6 Å². The molecule has 1 unspecified atom stereocenters. The largest absolute Gasteiger partial charge is 1.00 e. The second-order valence-electron chi connectivity index (χ2n) is 12.0. The zero-order valence-corrected chi connectivity index (χ0v) is 25.9. The normalized spacial score (nSPS) is 22.0. The van der Waals surface area contributed by atoms with Gasteiger partial charge in [0.1, 0.15) is 6.04 Å². The molecule has 0 spiro atoms. The van der Waals surface area contributed by atoms with E-state index in [1.54, 1.807) is 24.3 Å². The van der Waals surface area contributed by atoms with Gasteiger partial charge in [0.25, 0.3) is 0 Å². The second-order valence-corrected chi connectivity index (χ2v) is 12.0. The average molecular weight is 622 g/mol. The summed E-state index contributed by atoms with van der Waals surface area (Å²) in [6.07, 6.45) is 13.1. The van der Waals surface area contributed by atoms with Gasteiger partial charge in [-0.2, -0.15) is 0 Å². The lowest BCUT2D eigenvalue weighted by molar-refractivity contribution is -0.922. The highest BCUT2D eigenvalue weighted by Crippen LogP contribution is 2.51. The van der Waals surface area contributed by atoms with Gasteiger partial charge in [-0.3, -0.25) is 4.79 Å². The van der Waals surface area contributed by atoms with Crippen LogP contribution in [0.25, 0.3) is 0 Å². The Hall–Kier alpha value is -1.80. The minimum atomic E-state index is 0. The Kier molecular flexibility index (Phi) is 9.60. The Labute approximate surface area is 240 Å². The number of quaternary nitrogens is 1. The van der Waals surface area contributed by atoms with Crippen molar-refractivity contribution in [2.75, 3.05) is 34.5 Å². The van der Waals surface area contributed by atoms with Crippen LogP contribution in [0, 0.1) is 5.41 Å². The van der Waals surface area contributed by atoms with Crippen LogP contribution in [0.4, 0.5) is 0 Å². The number of halogens is 1. The number of ether oxygens (including phenoxy) is 3. The molecule has 0 N–H and O–H groups in total. The molecule has 37 heavy (non-hydrogen) atoms. The Morgan fingerprint density at radius 3 is 2.70 bits per heavy atom. The molecule has 0 saturated heterocycles. The first-order valence-electron chi connectivity index (χ1n) is 13.4. The van der Waals surface area contributed by atoms with Crippen LogP contribution >= 0.6 is 0 Å². The summed E-state index contributed by atoms with van der Waals surface area (Å²) >= 11 is 0. The lowest BCUT2D eigenvalue weighted by Gasteiger charge is -2.43. The molecule has 4 rings (SSSR count). The van der Waals surface area contributed by atoms with E-state index in [2.05, 4.69) is 53.9 Å². The topological polar surface area (TPSA) is 44.8 Å². The summed E-state index contributed by atoms with van der Waals surface area (Å²) in [5, 5.41) is 0. The van der Waals surface area contributed by atoms with Crippen molar-refractivity contribution in [1.82, 2.24) is 0 Å². The van der Waals surface area contributed by atoms with Gasteiger partial charge in [-0.15, -0.1) is 0 Å². The van der Waals surface area contributed by atoms with E-state index < -0.39 is 0 Å². The smallest absolute Gasteiger partial charge is 0.231 e. The van der Waals surface area contributed by atoms with Crippen LogP contribution in [-0.2, 0) is 11.2 Å². The number of carbonyl (C=O) groups is 1. The molecular weight excluding hydrogens is 577 g/mol. The van der Waals surface area contributed by atoms with Gasteiger partial charge in [0.2, 0.25) is 12.5 Å². The van der Waals surface area contributed by atoms with E-state index in [1.807, 2.05) is 6.08 Å². The fourth-order valence-electron chi connectivity index (χ4n) is 6.33. The zero-order chi connectivity index (χ0) is 26.1. The number of benzene rings is 1. The van der Waals surface area contributed by atoms with Crippen LogP contribution in [0.5, 0.6) is 17.2 Å². The third-order valence-electron chi connectivity index (χ3n) is 8.59. The molecule has 204 valence electrons. The number of carbonyl (C=O) groups excluding carboxylic acids is 1. The average Bonchev–Trinajstić information content (AvgIpc) is 3.27. The number of ketones is 1. The van der Waals surface area contributed by atoms with Crippen molar-refractivity contribution in [2.24, 2.45) is 5.41 Å². The van der Waals surface area contributed by atoms with Gasteiger partial charge in [0.05, 0.1) is 39.7 Å². The van der Waals surface area contributed by atoms with Gasteiger partial charge in [-0.1, -0.05) is 42.7 Å². The van der Waals surface area contributed by atoms with Crippen molar-refractivity contribution in [3.63, 3.8) is 0 Å². The van der Waals surface area contributed by atoms with Gasteiger partial charge in [0, 0.05) is 6.42 Å². The molecule has 1 aliphatic carbocycles. The number of hydrogen-bond acceptors (Lipinski definition) is 4. The van der Waals surface area contributed by atoms with Crippen LogP contribution in [-0.4, -0.2) is 44.8 Å². The summed E-state index contributed by atoms with van der Waals surface area (Å²) in [4.78, 5) is 13.1. The first-order valence-corrected chi connectivity index (χ1v) is 13.4. The minimum absolute atomic E-state index is 0. The highest BCUT2D eigenvalue weighted by Gasteiger charge is 2.42. The van der Waals surface area contributed by atoms with Crippen molar-refractivity contribution in [3.05, 3.63) is 52.1 Å². The highest BCUT2D eigenvalue weighted by molar-refractivity contribution is 5.90. The van der Waals surface area contributed by atoms with Crippen LogP contribution in [0.1, 0.15) is 83.4 Å². The van der Waals surface area contributed by atoms with Crippen LogP contribution in [0.15, 0.2) is 41.0 Å². The Morgan fingerprint density at radius 1 is 1.24 bits per heavy atom. The van der Waals surface area contributed by atoms with Gasteiger partial charge >= 0.3 is 0 Å². The monoisotopic (exact) mass is 621 g/mol. The number of fused-ring (bicyclic) bond motifs is 2. The van der Waals surface area contributed by atoms with E-state index in [-0.39, 0.29) is 42.6 Å². The molecule has 0 bridgehead atoms. The Morgan fingerprint density at radius 2 is 2.00 bits per heavy atom. The molecular formula is C31H44INO4. The molecule has 0 radical (unpaired) electrons. The van der Waals surface area contributed by atoms with E-state index in [4.69, 9.17) is 14.2 Å². The molecule has 1 aromatic rings. The first kappa shape index (κ1) is 29.8. The van der Waals surface area contributed by atoms with Gasteiger partial charge in [0.15, 0.2) is 17.3 Å². The maximum absolute atomic E-state index is 13.1. The zero-order valence-electron chi connectivity index (χ0n) is 23.7. The molecule has 2 heterocycles. The quantitative estimate of drug-likeness (QED) is 0.146. The fraction of sp³-hybridized carbons (Fsp3) is 0.581. The standard InChI is InChI=1S/C31H44NO4.HI/c1-21(13-14-25-22(2)11-9-16-31(25,3)4)10-8-12-24(33)19-26-28-23(15-17-32(26,5)6)18-27-29(30(28)34-7)36-20-35-27;/h8,10,12,18,26H,9,11,13-17,19-20H2,1-7H3;1H/q+1;/p-1. The molecule has 0 saturated carbocycles. The molecule has 3 aliphatic rings. The lowest BCUT2D eigenvalue weighted by atomic mass is 9.71. The molecule has 1 aromatic carbocycles. The van der Waals surface area contributed by atoms with Crippen molar-refractivity contribution in [3.8, 4) is 17.2 Å². The highest BCUT2D eigenvalue weighted by atomic mass is 127. The van der Waals surface area contributed by atoms with Gasteiger partial charge < -0.3 is 42.7 Å². The molecule has 2 aliphatic heterocycles. The number of hydrogen-bond donors (Lipinski definition) is 0. The maximum Gasteiger partial charge on any atom is 0.231 e. The number of methoxy groups -OCH3 is 1. The number of nitrogens with zero attached hydrogens (tertiary/aromatic N) is 1. The minimum Gasteiger partial charge on any atom is -1.00 e. The van der Waals surface area contributed by atoms with Crippen LogP contribution in [0.3, 0.4) is 0 Å². The van der Waals surface area contributed by atoms with Crippen molar-refractivity contribution in [2.45, 2.75) is 78.7 Å². The Bertz CT molecular complexity index is 1110. The maximum atomic E-state index is 13.1. The molecule has 0 amide bonds. The summed E-state index contributed by atoms with van der Waals surface area (Å²) in [6.45, 7) is 10.4. The molecule has 0 aromatic heterocycles. The third kappa shape index (κ3) is 6.44. The summed E-state index contributed by atoms with van der Waals surface area (Å²) in [5.74, 6) is 2.26. The van der Waals surface area contributed by atoms with E-state index in [9.17, 15) is 4.79 Å². The molecule has 1 atom stereocenters. The lowest BCUT2D eigenvalue weighted by Crippen LogP contribution is -3.00. The van der Waals surface area contributed by atoms with E-state index >= 15 is 0 Å². The third-order valence-corrected chi connectivity index (χ3v) is 8.59. The number of rotatable bonds is 8. The van der Waals surface area contributed by atoms with Crippen molar-refractivity contribution < 1.29 is 47.5 Å². The number of allylic oxidation sites excluding steroid dienone is 6. The summed E-state index contributed by atoms with van der Waals surface area (Å²) in [7, 11) is 6.06. The van der Waals surface area contributed by atoms with Crippen molar-refractivity contribution in [1.29, 1.82) is 0 Å². The van der Waals surface area contributed by atoms with Gasteiger partial charge in [-0.25, -0.2) is 0 Å². The fourth-order valence-corrected chi connectivity index (χ4v) is 6.33. The van der Waals surface area contributed by atoms with Crippen molar-refractivity contribution >= 4 is 5.78 Å².